The van der Waals surface area contributed by atoms with Gasteiger partial charge in [0.2, 0.25) is 5.89 Å². The molecule has 0 spiro atoms. The second-order valence-electron chi connectivity index (χ2n) is 3.51. The summed E-state index contributed by atoms with van der Waals surface area (Å²) in [7, 11) is 1.68. The molecule has 7 heteroatoms. The average molecular weight is 258 g/mol. The van der Waals surface area contributed by atoms with E-state index in [1.54, 1.807) is 14.0 Å². The van der Waals surface area contributed by atoms with Gasteiger partial charge >= 0.3 is 0 Å². The molecule has 0 amide bonds. The highest BCUT2D eigenvalue weighted by atomic mass is 32.1. The number of methoxy groups -OCH3 is 1. The summed E-state index contributed by atoms with van der Waals surface area (Å²) >= 11 is 5.09. The lowest BCUT2D eigenvalue weighted by Gasteiger charge is -2.08. The van der Waals surface area contributed by atoms with Crippen molar-refractivity contribution in [2.75, 3.05) is 26.8 Å². The minimum Gasteiger partial charge on any atom is -0.385 e. The second-order valence-corrected chi connectivity index (χ2v) is 3.92. The quantitative estimate of drug-likeness (QED) is 0.542. The van der Waals surface area contributed by atoms with E-state index in [-0.39, 0.29) is 0 Å². The number of hydrogen-bond donors (Lipinski definition) is 2. The van der Waals surface area contributed by atoms with Crippen molar-refractivity contribution >= 4 is 17.3 Å². The molecule has 0 saturated heterocycles. The molecular weight excluding hydrogens is 240 g/mol. The van der Waals surface area contributed by atoms with Crippen LogP contribution in [0.4, 0.5) is 0 Å². The third-order valence-electron chi connectivity index (χ3n) is 2.00. The van der Waals surface area contributed by atoms with Crippen LogP contribution in [0, 0.1) is 6.92 Å². The van der Waals surface area contributed by atoms with Crippen molar-refractivity contribution in [1.82, 2.24) is 20.8 Å². The maximum atomic E-state index is 5.09. The van der Waals surface area contributed by atoms with Crippen LogP contribution in [-0.4, -0.2) is 42.1 Å². The first-order chi connectivity index (χ1) is 8.22. The molecular formula is C10H18N4O2S. The van der Waals surface area contributed by atoms with Gasteiger partial charge in [-0.05, 0) is 25.6 Å². The molecule has 0 fully saturated rings. The molecule has 0 aliphatic carbocycles. The lowest BCUT2D eigenvalue weighted by molar-refractivity contribution is 0.195. The smallest absolute Gasteiger partial charge is 0.228 e. The Morgan fingerprint density at radius 1 is 1.41 bits per heavy atom. The fourth-order valence-corrected chi connectivity index (χ4v) is 1.41. The number of nitrogens with zero attached hydrogens (tertiary/aromatic N) is 2. The van der Waals surface area contributed by atoms with Gasteiger partial charge in [0.1, 0.15) is 0 Å². The van der Waals surface area contributed by atoms with Crippen LogP contribution in [0.3, 0.4) is 0 Å². The third kappa shape index (κ3) is 6.18. The van der Waals surface area contributed by atoms with Gasteiger partial charge in [-0.1, -0.05) is 5.16 Å². The van der Waals surface area contributed by atoms with Crippen LogP contribution in [-0.2, 0) is 11.2 Å². The van der Waals surface area contributed by atoms with Crippen molar-refractivity contribution in [2.45, 2.75) is 19.8 Å². The van der Waals surface area contributed by atoms with Crippen LogP contribution in [0.5, 0.6) is 0 Å². The molecule has 0 aliphatic heterocycles. The fraction of sp³-hybridized carbons (Fsp3) is 0.700. The van der Waals surface area contributed by atoms with Gasteiger partial charge in [-0.15, -0.1) is 0 Å². The number of ether oxygens (including phenoxy) is 1. The van der Waals surface area contributed by atoms with Crippen molar-refractivity contribution in [1.29, 1.82) is 0 Å². The Kier molecular flexibility index (Phi) is 6.49. The molecule has 96 valence electrons. The number of hydrogen-bond acceptors (Lipinski definition) is 5. The standard InChI is InChI=1S/C10H18N4O2S/c1-8-13-9(16-14-8)4-6-12-10(17)11-5-3-7-15-2/h3-7H2,1-2H3,(H2,11,12,17). The van der Waals surface area contributed by atoms with Crippen molar-refractivity contribution < 1.29 is 9.26 Å². The van der Waals surface area contributed by atoms with Crippen molar-refractivity contribution in [3.05, 3.63) is 11.7 Å². The minimum atomic E-state index is 0.622. The predicted octanol–water partition coefficient (Wildman–Crippen LogP) is 0.421. The largest absolute Gasteiger partial charge is 0.385 e. The first kappa shape index (κ1) is 13.9. The number of thiocarbonyl (C=S) groups is 1. The van der Waals surface area contributed by atoms with E-state index >= 15 is 0 Å². The van der Waals surface area contributed by atoms with E-state index in [2.05, 4.69) is 20.8 Å². The zero-order valence-corrected chi connectivity index (χ0v) is 11.0. The Bertz CT molecular complexity index is 343. The van der Waals surface area contributed by atoms with Crippen LogP contribution < -0.4 is 10.6 Å². The summed E-state index contributed by atoms with van der Waals surface area (Å²) < 4.78 is 9.91. The van der Waals surface area contributed by atoms with Crippen molar-refractivity contribution in [3.63, 3.8) is 0 Å². The highest BCUT2D eigenvalue weighted by Gasteiger charge is 2.02. The monoisotopic (exact) mass is 258 g/mol. The summed E-state index contributed by atoms with van der Waals surface area (Å²) in [5.74, 6) is 1.28. The molecule has 1 aromatic heterocycles. The van der Waals surface area contributed by atoms with Gasteiger partial charge in [0.25, 0.3) is 0 Å². The highest BCUT2D eigenvalue weighted by Crippen LogP contribution is 1.95. The van der Waals surface area contributed by atoms with E-state index < -0.39 is 0 Å². The van der Waals surface area contributed by atoms with E-state index in [1.165, 1.54) is 0 Å². The van der Waals surface area contributed by atoms with Crippen LogP contribution >= 0.6 is 12.2 Å². The minimum absolute atomic E-state index is 0.622. The van der Waals surface area contributed by atoms with E-state index in [1.807, 2.05) is 0 Å². The van der Waals surface area contributed by atoms with Gasteiger partial charge < -0.3 is 19.9 Å². The molecule has 0 bridgehead atoms. The summed E-state index contributed by atoms with van der Waals surface area (Å²) in [5, 5.41) is 10.5. The molecule has 17 heavy (non-hydrogen) atoms. The molecule has 1 heterocycles. The molecule has 0 saturated carbocycles. The highest BCUT2D eigenvalue weighted by molar-refractivity contribution is 7.80. The van der Waals surface area contributed by atoms with E-state index in [9.17, 15) is 0 Å². The lowest BCUT2D eigenvalue weighted by Crippen LogP contribution is -2.37. The lowest BCUT2D eigenvalue weighted by atomic mass is 10.4. The van der Waals surface area contributed by atoms with Gasteiger partial charge in [0, 0.05) is 33.2 Å². The Morgan fingerprint density at radius 3 is 2.82 bits per heavy atom. The molecule has 1 aromatic rings. The van der Waals surface area contributed by atoms with Gasteiger partial charge in [-0.25, -0.2) is 0 Å². The molecule has 0 aromatic carbocycles. The summed E-state index contributed by atoms with van der Waals surface area (Å²) in [6.45, 7) is 4.01. The zero-order valence-electron chi connectivity index (χ0n) is 10.2. The first-order valence-corrected chi connectivity index (χ1v) is 5.93. The molecule has 0 unspecified atom stereocenters. The Morgan fingerprint density at radius 2 is 2.18 bits per heavy atom. The predicted molar refractivity (Wildman–Crippen MR) is 67.8 cm³/mol. The molecule has 0 atom stereocenters. The zero-order chi connectivity index (χ0) is 12.5. The average Bonchev–Trinajstić information content (AvgIpc) is 2.71. The number of rotatable bonds is 7. The number of aromatic nitrogens is 2. The van der Waals surface area contributed by atoms with Crippen LogP contribution in [0.15, 0.2) is 4.52 Å². The second kappa shape index (κ2) is 7.97. The summed E-state index contributed by atoms with van der Waals surface area (Å²) in [5.41, 5.74) is 0. The first-order valence-electron chi connectivity index (χ1n) is 5.52. The third-order valence-corrected chi connectivity index (χ3v) is 2.29. The molecule has 0 aliphatic rings. The van der Waals surface area contributed by atoms with E-state index in [4.69, 9.17) is 21.5 Å². The Balaban J connectivity index is 2.04. The number of nitrogens with one attached hydrogen (secondary N) is 2. The summed E-state index contributed by atoms with van der Waals surface area (Å²) in [4.78, 5) is 4.10. The van der Waals surface area contributed by atoms with Crippen LogP contribution in [0.1, 0.15) is 18.1 Å². The molecule has 0 radical (unpaired) electrons. The SMILES string of the molecule is COCCCNC(=S)NCCc1nc(C)no1. The normalized spacial score (nSPS) is 10.2. The summed E-state index contributed by atoms with van der Waals surface area (Å²) in [6.07, 6.45) is 1.60. The van der Waals surface area contributed by atoms with Gasteiger partial charge in [0.15, 0.2) is 10.9 Å². The van der Waals surface area contributed by atoms with Crippen LogP contribution in [0.25, 0.3) is 0 Å². The van der Waals surface area contributed by atoms with Gasteiger partial charge in [0.05, 0.1) is 0 Å². The van der Waals surface area contributed by atoms with Crippen molar-refractivity contribution in [3.8, 4) is 0 Å². The van der Waals surface area contributed by atoms with E-state index in [0.29, 0.717) is 29.8 Å². The van der Waals surface area contributed by atoms with Gasteiger partial charge in [-0.3, -0.25) is 0 Å². The summed E-state index contributed by atoms with van der Waals surface area (Å²) in [6, 6.07) is 0. The molecule has 2 N–H and O–H groups in total. The van der Waals surface area contributed by atoms with Crippen molar-refractivity contribution in [2.24, 2.45) is 0 Å². The maximum Gasteiger partial charge on any atom is 0.228 e. The number of aryl methyl sites for hydroxylation is 1. The fourth-order valence-electron chi connectivity index (χ4n) is 1.21. The Hall–Kier alpha value is -1.21. The Labute approximate surface area is 106 Å². The topological polar surface area (TPSA) is 72.2 Å². The maximum absolute atomic E-state index is 5.09. The molecule has 1 rings (SSSR count). The van der Waals surface area contributed by atoms with E-state index in [0.717, 1.165) is 19.6 Å². The molecule has 6 nitrogen and oxygen atoms in total. The van der Waals surface area contributed by atoms with Gasteiger partial charge in [-0.2, -0.15) is 4.98 Å². The van der Waals surface area contributed by atoms with Crippen LogP contribution in [0.2, 0.25) is 0 Å².